The molecule has 0 aliphatic carbocycles. The Labute approximate surface area is 124 Å². The van der Waals surface area contributed by atoms with Crippen molar-refractivity contribution in [3.05, 3.63) is 35.4 Å². The van der Waals surface area contributed by atoms with Gasteiger partial charge in [-0.15, -0.1) is 10.2 Å². The van der Waals surface area contributed by atoms with E-state index >= 15 is 0 Å². The molecule has 2 aromatic heterocycles. The molecule has 0 spiro atoms. The van der Waals surface area contributed by atoms with Crippen LogP contribution in [0.4, 0.5) is 0 Å². The maximum Gasteiger partial charge on any atom is 0.230 e. The molecule has 1 saturated heterocycles. The predicted octanol–water partition coefficient (Wildman–Crippen LogP) is 2.71. The Morgan fingerprint density at radius 2 is 2.14 bits per heavy atom. The molecular weight excluding hydrogens is 270 g/mol. The van der Waals surface area contributed by atoms with Gasteiger partial charge in [-0.25, -0.2) is 0 Å². The zero-order valence-corrected chi connectivity index (χ0v) is 12.5. The minimum atomic E-state index is 0.285. The van der Waals surface area contributed by atoms with Crippen LogP contribution >= 0.6 is 0 Å². The number of aryl methyl sites for hydroxylation is 1. The Hall–Kier alpha value is -1.66. The molecule has 3 heterocycles. The van der Waals surface area contributed by atoms with Crippen molar-refractivity contribution >= 4 is 0 Å². The monoisotopic (exact) mass is 291 g/mol. The normalized spacial score (nSPS) is 19.4. The summed E-state index contributed by atoms with van der Waals surface area (Å²) in [6, 6.07) is 4.31. The predicted molar refractivity (Wildman–Crippen MR) is 75.5 cm³/mol. The van der Waals surface area contributed by atoms with Crippen LogP contribution in [0.25, 0.3) is 0 Å². The maximum absolute atomic E-state index is 5.87. The van der Waals surface area contributed by atoms with Gasteiger partial charge >= 0.3 is 0 Å². The van der Waals surface area contributed by atoms with Gasteiger partial charge < -0.3 is 13.6 Å². The van der Waals surface area contributed by atoms with Gasteiger partial charge in [0.1, 0.15) is 18.1 Å². The first kappa shape index (κ1) is 14.3. The second-order valence-corrected chi connectivity index (χ2v) is 5.31. The molecule has 0 bridgehead atoms. The van der Waals surface area contributed by atoms with Crippen LogP contribution < -0.4 is 0 Å². The lowest BCUT2D eigenvalue weighted by Gasteiger charge is -2.20. The van der Waals surface area contributed by atoms with Crippen LogP contribution in [0, 0.1) is 0 Å². The second-order valence-electron chi connectivity index (χ2n) is 5.31. The molecule has 0 saturated carbocycles. The third-order valence-corrected chi connectivity index (χ3v) is 3.81. The molecular formula is C15H21N3O3. The number of hydrogen-bond donors (Lipinski definition) is 0. The molecule has 0 amide bonds. The summed E-state index contributed by atoms with van der Waals surface area (Å²) >= 11 is 0. The average molecular weight is 291 g/mol. The van der Waals surface area contributed by atoms with Crippen molar-refractivity contribution in [1.82, 2.24) is 15.1 Å². The summed E-state index contributed by atoms with van der Waals surface area (Å²) in [5.74, 6) is 3.24. The van der Waals surface area contributed by atoms with E-state index in [9.17, 15) is 0 Å². The second kappa shape index (κ2) is 6.41. The lowest BCUT2D eigenvalue weighted by molar-refractivity contribution is 0.153. The number of ether oxygens (including phenoxy) is 1. The molecule has 1 aliphatic rings. The van der Waals surface area contributed by atoms with Gasteiger partial charge in [-0.2, -0.15) is 0 Å². The van der Waals surface area contributed by atoms with Crippen molar-refractivity contribution in [3.63, 3.8) is 0 Å². The maximum atomic E-state index is 5.87. The highest BCUT2D eigenvalue weighted by molar-refractivity contribution is 5.12. The molecule has 1 fully saturated rings. The van der Waals surface area contributed by atoms with Gasteiger partial charge in [0.05, 0.1) is 12.6 Å². The quantitative estimate of drug-likeness (QED) is 0.815. The van der Waals surface area contributed by atoms with E-state index in [-0.39, 0.29) is 6.04 Å². The summed E-state index contributed by atoms with van der Waals surface area (Å²) < 4.78 is 16.6. The Balaban J connectivity index is 1.69. The van der Waals surface area contributed by atoms with E-state index in [0.717, 1.165) is 37.3 Å². The van der Waals surface area contributed by atoms with Gasteiger partial charge in [0.15, 0.2) is 0 Å². The van der Waals surface area contributed by atoms with Crippen molar-refractivity contribution in [2.45, 2.75) is 45.4 Å². The summed E-state index contributed by atoms with van der Waals surface area (Å²) in [5, 5.41) is 8.12. The van der Waals surface area contributed by atoms with Crippen molar-refractivity contribution in [2.75, 3.05) is 13.7 Å². The van der Waals surface area contributed by atoms with Crippen LogP contribution in [0.2, 0.25) is 0 Å². The summed E-state index contributed by atoms with van der Waals surface area (Å²) in [5.41, 5.74) is 0. The molecule has 1 atom stereocenters. The van der Waals surface area contributed by atoms with Gasteiger partial charge in [-0.3, -0.25) is 4.90 Å². The SMILES string of the molecule is CCc1nnc(CN2CCCC2c2ccc(COC)o2)o1. The Bertz CT molecular complexity index is 578. The first-order valence-corrected chi connectivity index (χ1v) is 7.43. The largest absolute Gasteiger partial charge is 0.462 e. The highest BCUT2D eigenvalue weighted by Gasteiger charge is 2.29. The van der Waals surface area contributed by atoms with E-state index in [2.05, 4.69) is 15.1 Å². The molecule has 0 radical (unpaired) electrons. The summed E-state index contributed by atoms with van der Waals surface area (Å²) in [7, 11) is 1.67. The van der Waals surface area contributed by atoms with E-state index in [1.807, 2.05) is 19.1 Å². The minimum absolute atomic E-state index is 0.285. The van der Waals surface area contributed by atoms with Crippen molar-refractivity contribution in [2.24, 2.45) is 0 Å². The van der Waals surface area contributed by atoms with Gasteiger partial charge in [-0.1, -0.05) is 6.92 Å². The van der Waals surface area contributed by atoms with Gasteiger partial charge in [0.2, 0.25) is 11.8 Å². The fourth-order valence-corrected chi connectivity index (χ4v) is 2.80. The van der Waals surface area contributed by atoms with Gasteiger partial charge in [-0.05, 0) is 31.5 Å². The van der Waals surface area contributed by atoms with E-state index in [1.165, 1.54) is 0 Å². The molecule has 3 rings (SSSR count). The molecule has 0 aromatic carbocycles. The molecule has 6 heteroatoms. The zero-order valence-electron chi connectivity index (χ0n) is 12.5. The van der Waals surface area contributed by atoms with Crippen LogP contribution in [0.15, 0.2) is 21.0 Å². The molecule has 114 valence electrons. The molecule has 21 heavy (non-hydrogen) atoms. The third-order valence-electron chi connectivity index (χ3n) is 3.81. The number of likely N-dealkylation sites (tertiary alicyclic amines) is 1. The number of furan rings is 1. The first-order valence-electron chi connectivity index (χ1n) is 7.43. The fraction of sp³-hybridized carbons (Fsp3) is 0.600. The zero-order chi connectivity index (χ0) is 14.7. The highest BCUT2D eigenvalue weighted by atomic mass is 16.5. The molecule has 2 aromatic rings. The number of nitrogens with zero attached hydrogens (tertiary/aromatic N) is 3. The van der Waals surface area contributed by atoms with Crippen LogP contribution in [-0.4, -0.2) is 28.8 Å². The highest BCUT2D eigenvalue weighted by Crippen LogP contribution is 2.34. The van der Waals surface area contributed by atoms with Crippen LogP contribution in [0.3, 0.4) is 0 Å². The van der Waals surface area contributed by atoms with Crippen molar-refractivity contribution in [1.29, 1.82) is 0 Å². The lowest BCUT2D eigenvalue weighted by Crippen LogP contribution is -2.22. The molecule has 0 N–H and O–H groups in total. The standard InChI is InChI=1S/C15H21N3O3/c1-3-14-16-17-15(21-14)9-18-8-4-5-12(18)13-7-6-11(20-13)10-19-2/h6-7,12H,3-5,8-10H2,1-2H3. The number of hydrogen-bond acceptors (Lipinski definition) is 6. The van der Waals surface area contributed by atoms with Crippen LogP contribution in [0.1, 0.15) is 49.1 Å². The number of methoxy groups -OCH3 is 1. The summed E-state index contributed by atoms with van der Waals surface area (Å²) in [4.78, 5) is 2.34. The van der Waals surface area contributed by atoms with Crippen LogP contribution in [0.5, 0.6) is 0 Å². The topological polar surface area (TPSA) is 64.5 Å². The number of rotatable bonds is 6. The Morgan fingerprint density at radius 1 is 1.29 bits per heavy atom. The Morgan fingerprint density at radius 3 is 2.90 bits per heavy atom. The smallest absolute Gasteiger partial charge is 0.230 e. The summed E-state index contributed by atoms with van der Waals surface area (Å²) in [6.45, 7) is 4.22. The van der Waals surface area contributed by atoms with Gasteiger partial charge in [0, 0.05) is 13.5 Å². The Kier molecular flexibility index (Phi) is 4.36. The fourth-order valence-electron chi connectivity index (χ4n) is 2.80. The number of aromatic nitrogens is 2. The average Bonchev–Trinajstić information content (AvgIpc) is 3.20. The molecule has 6 nitrogen and oxygen atoms in total. The van der Waals surface area contributed by atoms with Crippen LogP contribution in [-0.2, 0) is 24.3 Å². The minimum Gasteiger partial charge on any atom is -0.462 e. The van der Waals surface area contributed by atoms with Crippen molar-refractivity contribution in [3.8, 4) is 0 Å². The van der Waals surface area contributed by atoms with E-state index in [1.54, 1.807) is 7.11 Å². The van der Waals surface area contributed by atoms with Gasteiger partial charge in [0.25, 0.3) is 0 Å². The first-order chi connectivity index (χ1) is 10.3. The van der Waals surface area contributed by atoms with E-state index < -0.39 is 0 Å². The summed E-state index contributed by atoms with van der Waals surface area (Å²) in [6.07, 6.45) is 3.02. The molecule has 1 aliphatic heterocycles. The molecule has 1 unspecified atom stereocenters. The van der Waals surface area contributed by atoms with E-state index in [4.69, 9.17) is 13.6 Å². The van der Waals surface area contributed by atoms with Crippen molar-refractivity contribution < 1.29 is 13.6 Å². The van der Waals surface area contributed by atoms with E-state index in [0.29, 0.717) is 24.9 Å². The lowest BCUT2D eigenvalue weighted by atomic mass is 10.1. The third kappa shape index (κ3) is 3.16.